The third-order valence-corrected chi connectivity index (χ3v) is 5.12. The Morgan fingerprint density at radius 2 is 1.83 bits per heavy atom. The standard InChI is InChI=1S/C21H28N2O/c1-15-4-9-20(10-5-15)23-14-19-12-17(8-11-21(19)24-3)18-7-6-16(2)22-13-18/h6-8,11-13,15,20,23H,4-5,9-10,14H2,1-3H3. The molecule has 0 aliphatic heterocycles. The summed E-state index contributed by atoms with van der Waals surface area (Å²) in [4.78, 5) is 4.41. The van der Waals surface area contributed by atoms with Gasteiger partial charge in [-0.1, -0.05) is 19.1 Å². The summed E-state index contributed by atoms with van der Waals surface area (Å²) in [6, 6.07) is 11.2. The highest BCUT2D eigenvalue weighted by atomic mass is 16.5. The van der Waals surface area contributed by atoms with Gasteiger partial charge in [0.15, 0.2) is 0 Å². The molecule has 0 unspecified atom stereocenters. The highest BCUT2D eigenvalue weighted by molar-refractivity contribution is 5.65. The SMILES string of the molecule is COc1ccc(-c2ccc(C)nc2)cc1CNC1CCC(C)CC1. The number of hydrogen-bond acceptors (Lipinski definition) is 3. The summed E-state index contributed by atoms with van der Waals surface area (Å²) in [6.45, 7) is 5.23. The molecule has 1 heterocycles. The molecule has 1 saturated carbocycles. The molecule has 128 valence electrons. The van der Waals surface area contributed by atoms with Crippen LogP contribution < -0.4 is 10.1 Å². The van der Waals surface area contributed by atoms with E-state index < -0.39 is 0 Å². The second-order valence-electron chi connectivity index (χ2n) is 7.05. The van der Waals surface area contributed by atoms with Crippen LogP contribution in [0.2, 0.25) is 0 Å². The summed E-state index contributed by atoms with van der Waals surface area (Å²) < 4.78 is 5.56. The second-order valence-corrected chi connectivity index (χ2v) is 7.05. The number of hydrogen-bond donors (Lipinski definition) is 1. The maximum absolute atomic E-state index is 5.56. The van der Waals surface area contributed by atoms with Crippen molar-refractivity contribution in [3.8, 4) is 16.9 Å². The van der Waals surface area contributed by atoms with Crippen LogP contribution in [-0.4, -0.2) is 18.1 Å². The van der Waals surface area contributed by atoms with Crippen LogP contribution in [0.15, 0.2) is 36.5 Å². The van der Waals surface area contributed by atoms with Crippen molar-refractivity contribution in [2.24, 2.45) is 5.92 Å². The number of aryl methyl sites for hydroxylation is 1. The number of aromatic nitrogens is 1. The molecule has 0 amide bonds. The Morgan fingerprint density at radius 3 is 2.50 bits per heavy atom. The Labute approximate surface area is 145 Å². The molecule has 2 aromatic rings. The lowest BCUT2D eigenvalue weighted by atomic mass is 9.87. The van der Waals surface area contributed by atoms with Crippen LogP contribution >= 0.6 is 0 Å². The van der Waals surface area contributed by atoms with Crippen LogP contribution in [-0.2, 0) is 6.54 Å². The predicted molar refractivity (Wildman–Crippen MR) is 99.2 cm³/mol. The Kier molecular flexibility index (Phi) is 5.52. The minimum atomic E-state index is 0.635. The average molecular weight is 324 g/mol. The number of benzene rings is 1. The van der Waals surface area contributed by atoms with Crippen LogP contribution in [0.5, 0.6) is 5.75 Å². The normalized spacial score (nSPS) is 20.8. The van der Waals surface area contributed by atoms with Gasteiger partial charge in [0.05, 0.1) is 7.11 Å². The highest BCUT2D eigenvalue weighted by Crippen LogP contribution is 2.28. The minimum Gasteiger partial charge on any atom is -0.496 e. The summed E-state index contributed by atoms with van der Waals surface area (Å²) in [5.74, 6) is 1.84. The van der Waals surface area contributed by atoms with Crippen molar-refractivity contribution in [3.05, 3.63) is 47.8 Å². The number of pyridine rings is 1. The molecule has 1 fully saturated rings. The number of nitrogens with zero attached hydrogens (tertiary/aromatic N) is 1. The molecule has 0 spiro atoms. The topological polar surface area (TPSA) is 34.1 Å². The van der Waals surface area contributed by atoms with Gasteiger partial charge in [0.25, 0.3) is 0 Å². The van der Waals surface area contributed by atoms with Gasteiger partial charge in [-0.15, -0.1) is 0 Å². The van der Waals surface area contributed by atoms with Crippen molar-refractivity contribution in [1.82, 2.24) is 10.3 Å². The summed E-state index contributed by atoms with van der Waals surface area (Å²) in [5, 5.41) is 3.73. The summed E-state index contributed by atoms with van der Waals surface area (Å²) in [6.07, 6.45) is 7.18. The van der Waals surface area contributed by atoms with Crippen molar-refractivity contribution in [2.75, 3.05) is 7.11 Å². The van der Waals surface area contributed by atoms with E-state index in [0.717, 1.165) is 29.5 Å². The molecule has 1 aliphatic rings. The van der Waals surface area contributed by atoms with Crippen molar-refractivity contribution >= 4 is 0 Å². The first-order valence-electron chi connectivity index (χ1n) is 8.99. The molecule has 0 saturated heterocycles. The van der Waals surface area contributed by atoms with Gasteiger partial charge in [-0.25, -0.2) is 0 Å². The number of nitrogens with one attached hydrogen (secondary N) is 1. The van der Waals surface area contributed by atoms with Crippen molar-refractivity contribution in [1.29, 1.82) is 0 Å². The Bertz CT molecular complexity index is 658. The van der Waals surface area contributed by atoms with E-state index in [9.17, 15) is 0 Å². The quantitative estimate of drug-likeness (QED) is 0.863. The van der Waals surface area contributed by atoms with Crippen molar-refractivity contribution < 1.29 is 4.74 Å². The van der Waals surface area contributed by atoms with Gasteiger partial charge in [0.2, 0.25) is 0 Å². The molecule has 1 aromatic carbocycles. The predicted octanol–water partition coefficient (Wildman–Crippen LogP) is 4.73. The largest absolute Gasteiger partial charge is 0.496 e. The number of rotatable bonds is 5. The number of ether oxygens (including phenoxy) is 1. The molecule has 3 heteroatoms. The summed E-state index contributed by atoms with van der Waals surface area (Å²) in [7, 11) is 1.74. The molecular weight excluding hydrogens is 296 g/mol. The van der Waals surface area contributed by atoms with Crippen molar-refractivity contribution in [2.45, 2.75) is 52.1 Å². The highest BCUT2D eigenvalue weighted by Gasteiger charge is 2.18. The van der Waals surface area contributed by atoms with E-state index in [1.807, 2.05) is 13.1 Å². The average Bonchev–Trinajstić information content (AvgIpc) is 2.61. The molecule has 0 atom stereocenters. The van der Waals surface area contributed by atoms with E-state index >= 15 is 0 Å². The lowest BCUT2D eigenvalue weighted by Crippen LogP contribution is -2.32. The Balaban J connectivity index is 1.73. The van der Waals surface area contributed by atoms with Gasteiger partial charge in [-0.05, 0) is 62.3 Å². The molecule has 0 radical (unpaired) electrons. The molecule has 3 rings (SSSR count). The van der Waals surface area contributed by atoms with Gasteiger partial charge < -0.3 is 10.1 Å². The zero-order chi connectivity index (χ0) is 16.9. The van der Waals surface area contributed by atoms with Crippen LogP contribution in [0.3, 0.4) is 0 Å². The fraction of sp³-hybridized carbons (Fsp3) is 0.476. The Morgan fingerprint density at radius 1 is 1.08 bits per heavy atom. The maximum atomic E-state index is 5.56. The van der Waals surface area contributed by atoms with E-state index in [0.29, 0.717) is 6.04 Å². The lowest BCUT2D eigenvalue weighted by Gasteiger charge is -2.27. The van der Waals surface area contributed by atoms with Gasteiger partial charge >= 0.3 is 0 Å². The molecule has 1 aliphatic carbocycles. The van der Waals surface area contributed by atoms with E-state index in [-0.39, 0.29) is 0 Å². The molecule has 0 bridgehead atoms. The lowest BCUT2D eigenvalue weighted by molar-refractivity contribution is 0.305. The molecule has 1 aromatic heterocycles. The summed E-state index contributed by atoms with van der Waals surface area (Å²) in [5.41, 5.74) is 4.60. The number of methoxy groups -OCH3 is 1. The first-order valence-corrected chi connectivity index (χ1v) is 8.99. The van der Waals surface area contributed by atoms with Gasteiger partial charge in [-0.2, -0.15) is 0 Å². The van der Waals surface area contributed by atoms with Crippen LogP contribution in [0, 0.1) is 12.8 Å². The smallest absolute Gasteiger partial charge is 0.123 e. The fourth-order valence-electron chi connectivity index (χ4n) is 3.45. The monoisotopic (exact) mass is 324 g/mol. The van der Waals surface area contributed by atoms with Crippen LogP contribution in [0.25, 0.3) is 11.1 Å². The molecule has 24 heavy (non-hydrogen) atoms. The third-order valence-electron chi connectivity index (χ3n) is 5.12. The third kappa shape index (κ3) is 4.15. The van der Waals surface area contributed by atoms with E-state index in [1.165, 1.54) is 36.8 Å². The van der Waals surface area contributed by atoms with Crippen molar-refractivity contribution in [3.63, 3.8) is 0 Å². The van der Waals surface area contributed by atoms with E-state index in [2.05, 4.69) is 47.6 Å². The van der Waals surface area contributed by atoms with Gasteiger partial charge in [0, 0.05) is 35.6 Å². The first kappa shape index (κ1) is 17.0. The van der Waals surface area contributed by atoms with Crippen LogP contribution in [0.1, 0.15) is 43.9 Å². The first-order chi connectivity index (χ1) is 11.7. The maximum Gasteiger partial charge on any atom is 0.123 e. The van der Waals surface area contributed by atoms with E-state index in [4.69, 9.17) is 4.74 Å². The van der Waals surface area contributed by atoms with Gasteiger partial charge in [0.1, 0.15) is 5.75 Å². The minimum absolute atomic E-state index is 0.635. The molecular formula is C21H28N2O. The zero-order valence-electron chi connectivity index (χ0n) is 15.0. The van der Waals surface area contributed by atoms with Gasteiger partial charge in [-0.3, -0.25) is 4.98 Å². The fourth-order valence-corrected chi connectivity index (χ4v) is 3.45. The zero-order valence-corrected chi connectivity index (χ0v) is 15.0. The van der Waals surface area contributed by atoms with Crippen LogP contribution in [0.4, 0.5) is 0 Å². The second kappa shape index (κ2) is 7.80. The summed E-state index contributed by atoms with van der Waals surface area (Å²) >= 11 is 0. The Hall–Kier alpha value is -1.87. The molecule has 3 nitrogen and oxygen atoms in total. The van der Waals surface area contributed by atoms with E-state index in [1.54, 1.807) is 7.11 Å². The molecule has 1 N–H and O–H groups in total.